The van der Waals surface area contributed by atoms with Gasteiger partial charge in [-0.2, -0.15) is 0 Å². The Kier molecular flexibility index (Phi) is 6.68. The van der Waals surface area contributed by atoms with Crippen molar-refractivity contribution in [3.63, 3.8) is 0 Å². The van der Waals surface area contributed by atoms with Crippen LogP contribution in [-0.2, 0) is 14.3 Å². The predicted molar refractivity (Wildman–Crippen MR) is 106 cm³/mol. The molecule has 148 valence electrons. The molecule has 4 N–H and O–H groups in total. The van der Waals surface area contributed by atoms with Crippen LogP contribution >= 0.6 is 0 Å². The lowest BCUT2D eigenvalue weighted by atomic mass is 10.1. The second-order valence-electron chi connectivity index (χ2n) is 7.47. The van der Waals surface area contributed by atoms with Crippen LogP contribution in [0.4, 0.5) is 11.4 Å². The van der Waals surface area contributed by atoms with Gasteiger partial charge in [0.1, 0.15) is 6.10 Å². The number of carbonyl (C=O) groups excluding carboxylic acids is 2. The lowest BCUT2D eigenvalue weighted by Gasteiger charge is -2.19. The standard InChI is InChI=1S/C20H30N4O3/c1-14(22-20(26)18-8-7-17(13-21)27-18)11-19(25)23-15-5-4-6-16(12-15)24-9-2-3-10-24/h4-6,12,14,17-18H,2-3,7-11,13,21H2,1H3,(H,22,26)(H,23,25)/t14?,17-,18+/m1/s1. The fourth-order valence-corrected chi connectivity index (χ4v) is 3.70. The quantitative estimate of drug-likeness (QED) is 0.674. The average molecular weight is 374 g/mol. The molecule has 0 saturated carbocycles. The Bertz CT molecular complexity index is 660. The number of nitrogens with two attached hydrogens (primary N) is 1. The summed E-state index contributed by atoms with van der Waals surface area (Å²) in [5, 5.41) is 5.80. The van der Waals surface area contributed by atoms with Crippen molar-refractivity contribution in [1.29, 1.82) is 0 Å². The summed E-state index contributed by atoms with van der Waals surface area (Å²) in [5.41, 5.74) is 7.50. The molecule has 2 aliphatic heterocycles. The summed E-state index contributed by atoms with van der Waals surface area (Å²) in [5.74, 6) is -0.282. The van der Waals surface area contributed by atoms with Crippen LogP contribution in [-0.4, -0.2) is 49.7 Å². The molecular weight excluding hydrogens is 344 g/mol. The predicted octanol–water partition coefficient (Wildman–Crippen LogP) is 1.63. The largest absolute Gasteiger partial charge is 0.371 e. The zero-order valence-electron chi connectivity index (χ0n) is 15.9. The topological polar surface area (TPSA) is 96.7 Å². The minimum absolute atomic E-state index is 0.0396. The third kappa shape index (κ3) is 5.43. The van der Waals surface area contributed by atoms with Crippen LogP contribution in [0, 0.1) is 0 Å². The van der Waals surface area contributed by atoms with Crippen molar-refractivity contribution in [2.45, 2.75) is 57.3 Å². The third-order valence-corrected chi connectivity index (χ3v) is 5.14. The van der Waals surface area contributed by atoms with Gasteiger partial charge >= 0.3 is 0 Å². The number of rotatable bonds is 7. The highest BCUT2D eigenvalue weighted by molar-refractivity contribution is 5.92. The zero-order valence-corrected chi connectivity index (χ0v) is 15.9. The first-order valence-electron chi connectivity index (χ1n) is 9.86. The smallest absolute Gasteiger partial charge is 0.249 e. The van der Waals surface area contributed by atoms with Gasteiger partial charge in [-0.15, -0.1) is 0 Å². The van der Waals surface area contributed by atoms with Gasteiger partial charge < -0.3 is 26.0 Å². The summed E-state index contributed by atoms with van der Waals surface area (Å²) < 4.78 is 5.59. The molecule has 1 aromatic carbocycles. The van der Waals surface area contributed by atoms with E-state index in [2.05, 4.69) is 21.6 Å². The highest BCUT2D eigenvalue weighted by atomic mass is 16.5. The number of benzene rings is 1. The maximum Gasteiger partial charge on any atom is 0.249 e. The van der Waals surface area contributed by atoms with E-state index in [-0.39, 0.29) is 30.4 Å². The Labute approximate surface area is 160 Å². The van der Waals surface area contributed by atoms with E-state index in [9.17, 15) is 9.59 Å². The summed E-state index contributed by atoms with van der Waals surface area (Å²) in [6.07, 6.45) is 3.62. The van der Waals surface area contributed by atoms with Gasteiger partial charge in [-0.05, 0) is 50.8 Å². The monoisotopic (exact) mass is 374 g/mol. The van der Waals surface area contributed by atoms with Crippen molar-refractivity contribution in [2.75, 3.05) is 29.9 Å². The van der Waals surface area contributed by atoms with Crippen molar-refractivity contribution in [3.8, 4) is 0 Å². The first kappa shape index (κ1) is 19.6. The Balaban J connectivity index is 1.46. The van der Waals surface area contributed by atoms with Crippen LogP contribution in [0.3, 0.4) is 0 Å². The van der Waals surface area contributed by atoms with Gasteiger partial charge in [0.2, 0.25) is 11.8 Å². The molecule has 7 nitrogen and oxygen atoms in total. The maximum absolute atomic E-state index is 12.3. The highest BCUT2D eigenvalue weighted by Crippen LogP contribution is 2.23. The van der Waals surface area contributed by atoms with Crippen molar-refractivity contribution in [2.24, 2.45) is 5.73 Å². The van der Waals surface area contributed by atoms with Gasteiger partial charge in [0.25, 0.3) is 0 Å². The van der Waals surface area contributed by atoms with Gasteiger partial charge in [0.15, 0.2) is 0 Å². The minimum Gasteiger partial charge on any atom is -0.371 e. The van der Waals surface area contributed by atoms with Crippen LogP contribution in [0.25, 0.3) is 0 Å². The van der Waals surface area contributed by atoms with E-state index in [1.54, 1.807) is 0 Å². The fourth-order valence-electron chi connectivity index (χ4n) is 3.70. The lowest BCUT2D eigenvalue weighted by Crippen LogP contribution is -2.41. The summed E-state index contributed by atoms with van der Waals surface area (Å²) in [6, 6.07) is 7.66. The summed E-state index contributed by atoms with van der Waals surface area (Å²) in [6.45, 7) is 4.38. The summed E-state index contributed by atoms with van der Waals surface area (Å²) >= 11 is 0. The molecule has 0 bridgehead atoms. The Morgan fingerprint density at radius 2 is 2.07 bits per heavy atom. The number of amides is 2. The number of nitrogens with zero attached hydrogens (tertiary/aromatic N) is 1. The van der Waals surface area contributed by atoms with Gasteiger partial charge in [0, 0.05) is 43.5 Å². The van der Waals surface area contributed by atoms with Crippen molar-refractivity contribution >= 4 is 23.2 Å². The van der Waals surface area contributed by atoms with Crippen LogP contribution in [0.15, 0.2) is 24.3 Å². The fraction of sp³-hybridized carbons (Fsp3) is 0.600. The molecule has 2 fully saturated rings. The maximum atomic E-state index is 12.3. The molecule has 0 spiro atoms. The molecule has 1 unspecified atom stereocenters. The molecule has 2 aliphatic rings. The van der Waals surface area contributed by atoms with Gasteiger partial charge in [-0.1, -0.05) is 6.07 Å². The van der Waals surface area contributed by atoms with Crippen LogP contribution in [0.5, 0.6) is 0 Å². The first-order chi connectivity index (χ1) is 13.0. The number of ether oxygens (including phenoxy) is 1. The average Bonchev–Trinajstić information content (AvgIpc) is 3.33. The number of hydrogen-bond donors (Lipinski definition) is 3. The van der Waals surface area contributed by atoms with E-state index in [1.165, 1.54) is 12.8 Å². The van der Waals surface area contributed by atoms with Gasteiger partial charge in [-0.3, -0.25) is 9.59 Å². The molecule has 3 atom stereocenters. The normalized spacial score (nSPS) is 23.3. The highest BCUT2D eigenvalue weighted by Gasteiger charge is 2.30. The lowest BCUT2D eigenvalue weighted by molar-refractivity contribution is -0.132. The Morgan fingerprint density at radius 1 is 1.30 bits per heavy atom. The molecule has 0 aliphatic carbocycles. The Morgan fingerprint density at radius 3 is 2.78 bits per heavy atom. The third-order valence-electron chi connectivity index (χ3n) is 5.14. The number of anilines is 2. The number of hydrogen-bond acceptors (Lipinski definition) is 5. The SMILES string of the molecule is CC(CC(=O)Nc1cccc(N2CCCC2)c1)NC(=O)[C@@H]1CC[C@H](CN)O1. The molecule has 1 aromatic rings. The number of carbonyl (C=O) groups is 2. The van der Waals surface area contributed by atoms with Crippen molar-refractivity contribution < 1.29 is 14.3 Å². The zero-order chi connectivity index (χ0) is 19.2. The molecule has 3 rings (SSSR count). The first-order valence-corrected chi connectivity index (χ1v) is 9.86. The molecular formula is C20H30N4O3. The van der Waals surface area contributed by atoms with E-state index in [0.29, 0.717) is 13.0 Å². The summed E-state index contributed by atoms with van der Waals surface area (Å²) in [7, 11) is 0. The summed E-state index contributed by atoms with van der Waals surface area (Å²) in [4.78, 5) is 26.9. The van der Waals surface area contributed by atoms with Crippen LogP contribution in [0.2, 0.25) is 0 Å². The number of nitrogens with one attached hydrogen (secondary N) is 2. The van der Waals surface area contributed by atoms with Gasteiger partial charge in [0.05, 0.1) is 6.10 Å². The molecule has 0 aromatic heterocycles. The molecule has 27 heavy (non-hydrogen) atoms. The molecule has 2 amide bonds. The van der Waals surface area contributed by atoms with E-state index in [1.807, 2.05) is 25.1 Å². The van der Waals surface area contributed by atoms with E-state index < -0.39 is 6.10 Å². The second-order valence-corrected chi connectivity index (χ2v) is 7.47. The Hall–Kier alpha value is -2.12. The van der Waals surface area contributed by atoms with E-state index >= 15 is 0 Å². The molecule has 2 saturated heterocycles. The second kappa shape index (κ2) is 9.19. The van der Waals surface area contributed by atoms with E-state index in [4.69, 9.17) is 10.5 Å². The molecule has 7 heteroatoms. The van der Waals surface area contributed by atoms with Crippen LogP contribution < -0.4 is 21.3 Å². The molecule has 2 heterocycles. The van der Waals surface area contributed by atoms with Crippen molar-refractivity contribution in [1.82, 2.24) is 5.32 Å². The molecule has 0 radical (unpaired) electrons. The van der Waals surface area contributed by atoms with Crippen LogP contribution in [0.1, 0.15) is 39.0 Å². The van der Waals surface area contributed by atoms with E-state index in [0.717, 1.165) is 30.9 Å². The minimum atomic E-state index is -0.457. The van der Waals surface area contributed by atoms with Gasteiger partial charge in [-0.25, -0.2) is 0 Å². The van der Waals surface area contributed by atoms with Crippen molar-refractivity contribution in [3.05, 3.63) is 24.3 Å².